The second kappa shape index (κ2) is 10.1. The largest absolute Gasteiger partial charge is 0.359 e. The van der Waals surface area contributed by atoms with Crippen LogP contribution in [0.25, 0.3) is 0 Å². The highest BCUT2D eigenvalue weighted by atomic mass is 127. The standard InChI is InChI=1S/C16H20Cl2N4O.HI/c1-10(2)15-7-13(23-22-15)9-21-16(19-3)20-8-11-4-5-12(17)6-14(11)18;/h4-7,10H,8-9H2,1-3H3,(H2,19,20,21);1H. The number of aliphatic imine (C=N–C) groups is 1. The highest BCUT2D eigenvalue weighted by Gasteiger charge is 2.08. The van der Waals surface area contributed by atoms with Gasteiger partial charge in [0, 0.05) is 29.7 Å². The molecule has 0 radical (unpaired) electrons. The maximum Gasteiger partial charge on any atom is 0.191 e. The van der Waals surface area contributed by atoms with Gasteiger partial charge in [0.15, 0.2) is 11.7 Å². The topological polar surface area (TPSA) is 62.5 Å². The highest BCUT2D eigenvalue weighted by Crippen LogP contribution is 2.20. The van der Waals surface area contributed by atoms with Gasteiger partial charge in [-0.25, -0.2) is 0 Å². The minimum Gasteiger partial charge on any atom is -0.359 e. The van der Waals surface area contributed by atoms with Gasteiger partial charge < -0.3 is 15.2 Å². The Kier molecular flexibility index (Phi) is 8.86. The molecular weight excluding hydrogens is 462 g/mol. The van der Waals surface area contributed by atoms with Crippen molar-refractivity contribution < 1.29 is 4.52 Å². The smallest absolute Gasteiger partial charge is 0.191 e. The Labute approximate surface area is 169 Å². The summed E-state index contributed by atoms with van der Waals surface area (Å²) < 4.78 is 5.28. The van der Waals surface area contributed by atoms with Gasteiger partial charge >= 0.3 is 0 Å². The summed E-state index contributed by atoms with van der Waals surface area (Å²) in [5.74, 6) is 1.76. The molecule has 5 nitrogen and oxygen atoms in total. The Hall–Kier alpha value is -0.990. The molecule has 1 aromatic heterocycles. The first kappa shape index (κ1) is 21.1. The third-order valence-electron chi connectivity index (χ3n) is 3.28. The fourth-order valence-electron chi connectivity index (χ4n) is 1.92. The van der Waals surface area contributed by atoms with Gasteiger partial charge in [0.1, 0.15) is 0 Å². The van der Waals surface area contributed by atoms with Crippen LogP contribution in [-0.4, -0.2) is 18.2 Å². The average molecular weight is 483 g/mol. The average Bonchev–Trinajstić information content (AvgIpc) is 2.98. The predicted molar refractivity (Wildman–Crippen MR) is 110 cm³/mol. The number of nitrogens with one attached hydrogen (secondary N) is 2. The first-order chi connectivity index (χ1) is 11.0. The lowest BCUT2D eigenvalue weighted by molar-refractivity contribution is 0.372. The van der Waals surface area contributed by atoms with Crippen LogP contribution in [0.4, 0.5) is 0 Å². The second-order valence-electron chi connectivity index (χ2n) is 5.39. The van der Waals surface area contributed by atoms with Crippen LogP contribution in [0, 0.1) is 0 Å². The molecule has 0 aliphatic carbocycles. The molecule has 0 aliphatic heterocycles. The van der Waals surface area contributed by atoms with Gasteiger partial charge in [-0.3, -0.25) is 4.99 Å². The molecule has 2 N–H and O–H groups in total. The van der Waals surface area contributed by atoms with E-state index < -0.39 is 0 Å². The number of halogens is 3. The molecule has 0 unspecified atom stereocenters. The second-order valence-corrected chi connectivity index (χ2v) is 6.23. The van der Waals surface area contributed by atoms with E-state index in [1.54, 1.807) is 13.1 Å². The summed E-state index contributed by atoms with van der Waals surface area (Å²) in [4.78, 5) is 4.17. The number of hydrogen-bond donors (Lipinski definition) is 2. The Balaban J connectivity index is 0.00000288. The molecule has 0 saturated carbocycles. The lowest BCUT2D eigenvalue weighted by Crippen LogP contribution is -2.36. The van der Waals surface area contributed by atoms with Gasteiger partial charge in [0.2, 0.25) is 0 Å². The van der Waals surface area contributed by atoms with E-state index in [0.29, 0.717) is 35.0 Å². The van der Waals surface area contributed by atoms with Crippen LogP contribution in [0.1, 0.15) is 36.8 Å². The maximum absolute atomic E-state index is 6.15. The molecule has 0 aliphatic rings. The molecule has 24 heavy (non-hydrogen) atoms. The van der Waals surface area contributed by atoms with E-state index in [2.05, 4.69) is 34.6 Å². The van der Waals surface area contributed by atoms with Gasteiger partial charge in [0.25, 0.3) is 0 Å². The van der Waals surface area contributed by atoms with Gasteiger partial charge in [-0.1, -0.05) is 48.3 Å². The first-order valence-electron chi connectivity index (χ1n) is 7.33. The fraction of sp³-hybridized carbons (Fsp3) is 0.375. The summed E-state index contributed by atoms with van der Waals surface area (Å²) in [7, 11) is 1.71. The summed E-state index contributed by atoms with van der Waals surface area (Å²) in [5.41, 5.74) is 1.89. The van der Waals surface area contributed by atoms with Crippen molar-refractivity contribution >= 4 is 53.1 Å². The lowest BCUT2D eigenvalue weighted by atomic mass is 10.1. The van der Waals surface area contributed by atoms with Crippen molar-refractivity contribution in [1.29, 1.82) is 0 Å². The van der Waals surface area contributed by atoms with E-state index in [0.717, 1.165) is 17.0 Å². The summed E-state index contributed by atoms with van der Waals surface area (Å²) in [6.07, 6.45) is 0. The highest BCUT2D eigenvalue weighted by molar-refractivity contribution is 14.0. The molecule has 0 bridgehead atoms. The van der Waals surface area contributed by atoms with Crippen LogP contribution in [0.2, 0.25) is 10.0 Å². The monoisotopic (exact) mass is 482 g/mol. The van der Waals surface area contributed by atoms with Crippen molar-refractivity contribution in [3.05, 3.63) is 51.3 Å². The number of rotatable bonds is 5. The Morgan fingerprint density at radius 2 is 1.92 bits per heavy atom. The lowest BCUT2D eigenvalue weighted by Gasteiger charge is -2.11. The molecule has 0 atom stereocenters. The van der Waals surface area contributed by atoms with Crippen molar-refractivity contribution in [1.82, 2.24) is 15.8 Å². The van der Waals surface area contributed by atoms with Crippen LogP contribution < -0.4 is 10.6 Å². The van der Waals surface area contributed by atoms with Crippen LogP contribution >= 0.6 is 47.2 Å². The van der Waals surface area contributed by atoms with Crippen molar-refractivity contribution in [2.75, 3.05) is 7.05 Å². The van der Waals surface area contributed by atoms with E-state index in [9.17, 15) is 0 Å². The summed E-state index contributed by atoms with van der Waals surface area (Å²) in [6, 6.07) is 7.36. The molecule has 2 rings (SSSR count). The SMILES string of the molecule is CN=C(NCc1cc(C(C)C)no1)NCc1ccc(Cl)cc1Cl.I. The zero-order valence-electron chi connectivity index (χ0n) is 13.8. The Bertz CT molecular complexity index is 688. The van der Waals surface area contributed by atoms with Crippen molar-refractivity contribution in [2.45, 2.75) is 32.9 Å². The fourth-order valence-corrected chi connectivity index (χ4v) is 2.40. The molecule has 8 heteroatoms. The minimum absolute atomic E-state index is 0. The van der Waals surface area contributed by atoms with E-state index in [1.165, 1.54) is 0 Å². The zero-order valence-corrected chi connectivity index (χ0v) is 17.6. The van der Waals surface area contributed by atoms with E-state index in [-0.39, 0.29) is 24.0 Å². The number of benzene rings is 1. The Morgan fingerprint density at radius 3 is 2.50 bits per heavy atom. The molecule has 1 aromatic carbocycles. The maximum atomic E-state index is 6.15. The number of aromatic nitrogens is 1. The Morgan fingerprint density at radius 1 is 1.21 bits per heavy atom. The van der Waals surface area contributed by atoms with Crippen molar-refractivity contribution in [3.8, 4) is 0 Å². The van der Waals surface area contributed by atoms with E-state index >= 15 is 0 Å². The molecule has 1 heterocycles. The van der Waals surface area contributed by atoms with Crippen LogP contribution in [0.5, 0.6) is 0 Å². The number of hydrogen-bond acceptors (Lipinski definition) is 3. The molecule has 132 valence electrons. The molecule has 0 saturated heterocycles. The van der Waals surface area contributed by atoms with Crippen LogP contribution in [0.3, 0.4) is 0 Å². The van der Waals surface area contributed by atoms with Gasteiger partial charge in [-0.15, -0.1) is 24.0 Å². The summed E-state index contributed by atoms with van der Waals surface area (Å²) in [5, 5.41) is 11.6. The molecule has 0 amide bonds. The van der Waals surface area contributed by atoms with Crippen molar-refractivity contribution in [2.24, 2.45) is 4.99 Å². The van der Waals surface area contributed by atoms with Crippen LogP contribution in [-0.2, 0) is 13.1 Å². The minimum atomic E-state index is 0. The first-order valence-corrected chi connectivity index (χ1v) is 8.09. The summed E-state index contributed by atoms with van der Waals surface area (Å²) in [6.45, 7) is 5.20. The third-order valence-corrected chi connectivity index (χ3v) is 3.87. The normalized spacial score (nSPS) is 11.3. The van der Waals surface area contributed by atoms with E-state index in [1.807, 2.05) is 18.2 Å². The van der Waals surface area contributed by atoms with Crippen molar-refractivity contribution in [3.63, 3.8) is 0 Å². The van der Waals surface area contributed by atoms with Crippen LogP contribution in [0.15, 0.2) is 33.8 Å². The third kappa shape index (κ3) is 6.14. The quantitative estimate of drug-likeness (QED) is 0.371. The van der Waals surface area contributed by atoms with E-state index in [4.69, 9.17) is 27.7 Å². The number of guanidine groups is 1. The zero-order chi connectivity index (χ0) is 16.8. The predicted octanol–water partition coefficient (Wildman–Crippen LogP) is 4.59. The van der Waals surface area contributed by atoms with Gasteiger partial charge in [0.05, 0.1) is 12.2 Å². The van der Waals surface area contributed by atoms with Gasteiger partial charge in [-0.2, -0.15) is 0 Å². The molecular formula is C16H21Cl2IN4O. The molecule has 0 spiro atoms. The van der Waals surface area contributed by atoms with Gasteiger partial charge in [-0.05, 0) is 23.6 Å². The molecule has 0 fully saturated rings. The molecule has 2 aromatic rings. The summed E-state index contributed by atoms with van der Waals surface area (Å²) >= 11 is 12.0. The number of nitrogens with zero attached hydrogens (tertiary/aromatic N) is 2.